The third-order valence-corrected chi connectivity index (χ3v) is 1.85. The summed E-state index contributed by atoms with van der Waals surface area (Å²) in [5, 5.41) is 0. The van der Waals surface area contributed by atoms with Crippen LogP contribution in [0.1, 0.15) is 47.0 Å². The molecule has 1 nitrogen and oxygen atoms in total. The van der Waals surface area contributed by atoms with Crippen molar-refractivity contribution < 1.29 is 4.79 Å². The highest BCUT2D eigenvalue weighted by Crippen LogP contribution is 2.18. The van der Waals surface area contributed by atoms with E-state index in [1.54, 1.807) is 0 Å². The summed E-state index contributed by atoms with van der Waals surface area (Å²) in [6.07, 6.45) is 6.87. The van der Waals surface area contributed by atoms with Crippen LogP contribution in [0.2, 0.25) is 0 Å². The first kappa shape index (κ1) is 11.4. The fraction of sp³-hybridized carbons (Fsp3) is 0.727. The molecule has 0 fully saturated rings. The summed E-state index contributed by atoms with van der Waals surface area (Å²) in [6.45, 7) is 7.94. The van der Waals surface area contributed by atoms with Gasteiger partial charge < -0.3 is 0 Å². The Balaban J connectivity index is 3.59. The molecular weight excluding hydrogens is 148 g/mol. The Labute approximate surface area is 75.9 Å². The molecule has 0 radical (unpaired) electrons. The molecular formula is C11H20O. The molecule has 0 saturated heterocycles. The van der Waals surface area contributed by atoms with E-state index in [4.69, 9.17) is 0 Å². The van der Waals surface area contributed by atoms with Gasteiger partial charge in [-0.2, -0.15) is 0 Å². The number of ketones is 1. The Bertz CT molecular complexity index is 160. The lowest BCUT2D eigenvalue weighted by molar-refractivity contribution is -0.126. The van der Waals surface area contributed by atoms with Crippen LogP contribution >= 0.6 is 0 Å². The average molecular weight is 168 g/mol. The zero-order chi connectivity index (χ0) is 9.61. The van der Waals surface area contributed by atoms with Crippen LogP contribution < -0.4 is 0 Å². The minimum atomic E-state index is -0.157. The normalized spacial score (nSPS) is 12.3. The van der Waals surface area contributed by atoms with Crippen molar-refractivity contribution in [3.63, 3.8) is 0 Å². The van der Waals surface area contributed by atoms with Crippen molar-refractivity contribution in [3.05, 3.63) is 12.2 Å². The molecule has 0 aromatic rings. The highest BCUT2D eigenvalue weighted by molar-refractivity contribution is 5.83. The maximum atomic E-state index is 11.4. The van der Waals surface area contributed by atoms with E-state index in [0.29, 0.717) is 12.2 Å². The maximum absolute atomic E-state index is 11.4. The lowest BCUT2D eigenvalue weighted by atomic mass is 9.88. The number of unbranched alkanes of at least 4 members (excludes halogenated alkanes) is 1. The molecule has 0 aliphatic heterocycles. The monoisotopic (exact) mass is 168 g/mol. The van der Waals surface area contributed by atoms with Crippen LogP contribution in [0, 0.1) is 5.41 Å². The summed E-state index contributed by atoms with van der Waals surface area (Å²) in [7, 11) is 0. The second-order valence-corrected chi connectivity index (χ2v) is 4.13. The number of allylic oxidation sites excluding steroid dienone is 2. The van der Waals surface area contributed by atoms with Gasteiger partial charge in [0.15, 0.2) is 0 Å². The molecule has 70 valence electrons. The van der Waals surface area contributed by atoms with Crippen molar-refractivity contribution in [2.24, 2.45) is 5.41 Å². The smallest absolute Gasteiger partial charge is 0.138 e. The first-order valence-corrected chi connectivity index (χ1v) is 4.63. The average Bonchev–Trinajstić information content (AvgIpc) is 1.96. The van der Waals surface area contributed by atoms with Gasteiger partial charge in [0, 0.05) is 11.8 Å². The fourth-order valence-electron chi connectivity index (χ4n) is 0.922. The second-order valence-electron chi connectivity index (χ2n) is 4.13. The molecule has 12 heavy (non-hydrogen) atoms. The van der Waals surface area contributed by atoms with Gasteiger partial charge in [-0.3, -0.25) is 4.79 Å². The maximum Gasteiger partial charge on any atom is 0.138 e. The third-order valence-electron chi connectivity index (χ3n) is 1.85. The van der Waals surface area contributed by atoms with Crippen molar-refractivity contribution in [1.29, 1.82) is 0 Å². The van der Waals surface area contributed by atoms with Gasteiger partial charge in [0.25, 0.3) is 0 Å². The summed E-state index contributed by atoms with van der Waals surface area (Å²) in [5.41, 5.74) is -0.157. The van der Waals surface area contributed by atoms with E-state index in [1.165, 1.54) is 0 Å². The van der Waals surface area contributed by atoms with Gasteiger partial charge in [0.2, 0.25) is 0 Å². The summed E-state index contributed by atoms with van der Waals surface area (Å²) in [6, 6.07) is 0. The number of rotatable bonds is 4. The zero-order valence-electron chi connectivity index (χ0n) is 8.68. The molecule has 0 aromatic carbocycles. The molecule has 0 spiro atoms. The quantitative estimate of drug-likeness (QED) is 0.464. The number of hydrogen-bond donors (Lipinski definition) is 0. The predicted octanol–water partition coefficient (Wildman–Crippen LogP) is 3.35. The molecule has 0 atom stereocenters. The van der Waals surface area contributed by atoms with Crippen molar-refractivity contribution >= 4 is 5.78 Å². The first-order chi connectivity index (χ1) is 5.48. The number of carbonyl (C=O) groups is 1. The van der Waals surface area contributed by atoms with Crippen LogP contribution in [0.15, 0.2) is 12.2 Å². The van der Waals surface area contributed by atoms with Gasteiger partial charge in [-0.1, -0.05) is 32.9 Å². The standard InChI is InChI=1S/C11H20O/c1-5-6-7-8-9-10(12)11(2,3)4/h5-6H,7-9H2,1-4H3. The molecule has 0 aromatic heterocycles. The Morgan fingerprint density at radius 2 is 1.92 bits per heavy atom. The van der Waals surface area contributed by atoms with Gasteiger partial charge in [0.1, 0.15) is 5.78 Å². The van der Waals surface area contributed by atoms with Gasteiger partial charge in [-0.05, 0) is 19.8 Å². The number of Topliss-reactive ketones (excluding diaryl/α,β-unsaturated/α-hetero) is 1. The van der Waals surface area contributed by atoms with E-state index in [2.05, 4.69) is 6.08 Å². The van der Waals surface area contributed by atoms with Crippen LogP contribution in [0.4, 0.5) is 0 Å². The Hall–Kier alpha value is -0.590. The Kier molecular flexibility index (Phi) is 4.87. The van der Waals surface area contributed by atoms with Gasteiger partial charge in [0.05, 0.1) is 0 Å². The molecule has 0 aliphatic carbocycles. The van der Waals surface area contributed by atoms with Crippen LogP contribution in [0.5, 0.6) is 0 Å². The summed E-state index contributed by atoms with van der Waals surface area (Å²) < 4.78 is 0. The topological polar surface area (TPSA) is 17.1 Å². The van der Waals surface area contributed by atoms with Crippen molar-refractivity contribution in [2.75, 3.05) is 0 Å². The minimum absolute atomic E-state index is 0.157. The van der Waals surface area contributed by atoms with E-state index in [0.717, 1.165) is 12.8 Å². The summed E-state index contributed by atoms with van der Waals surface area (Å²) in [4.78, 5) is 11.4. The van der Waals surface area contributed by atoms with Gasteiger partial charge in [-0.15, -0.1) is 0 Å². The van der Waals surface area contributed by atoms with E-state index in [-0.39, 0.29) is 5.41 Å². The summed E-state index contributed by atoms with van der Waals surface area (Å²) in [5.74, 6) is 0.368. The molecule has 0 amide bonds. The number of carbonyl (C=O) groups excluding carboxylic acids is 1. The molecule has 0 heterocycles. The second kappa shape index (κ2) is 5.13. The van der Waals surface area contributed by atoms with Crippen molar-refractivity contribution in [1.82, 2.24) is 0 Å². The molecule has 0 N–H and O–H groups in total. The molecule has 0 unspecified atom stereocenters. The highest BCUT2D eigenvalue weighted by Gasteiger charge is 2.19. The van der Waals surface area contributed by atoms with E-state index >= 15 is 0 Å². The molecule has 0 aliphatic rings. The summed E-state index contributed by atoms with van der Waals surface area (Å²) >= 11 is 0. The molecule has 0 rings (SSSR count). The predicted molar refractivity (Wildman–Crippen MR) is 53.1 cm³/mol. The van der Waals surface area contributed by atoms with Gasteiger partial charge >= 0.3 is 0 Å². The van der Waals surface area contributed by atoms with E-state index in [1.807, 2.05) is 33.8 Å². The Morgan fingerprint density at radius 3 is 2.33 bits per heavy atom. The molecule has 1 heteroatoms. The molecule has 0 bridgehead atoms. The lowest BCUT2D eigenvalue weighted by Gasteiger charge is -2.15. The first-order valence-electron chi connectivity index (χ1n) is 4.63. The third kappa shape index (κ3) is 5.11. The van der Waals surface area contributed by atoms with E-state index in [9.17, 15) is 4.79 Å². The fourth-order valence-corrected chi connectivity index (χ4v) is 0.922. The van der Waals surface area contributed by atoms with Gasteiger partial charge in [-0.25, -0.2) is 0 Å². The van der Waals surface area contributed by atoms with Crippen LogP contribution in [0.3, 0.4) is 0 Å². The van der Waals surface area contributed by atoms with Crippen LogP contribution in [-0.2, 0) is 4.79 Å². The largest absolute Gasteiger partial charge is 0.299 e. The number of hydrogen-bond acceptors (Lipinski definition) is 1. The highest BCUT2D eigenvalue weighted by atomic mass is 16.1. The van der Waals surface area contributed by atoms with E-state index < -0.39 is 0 Å². The van der Waals surface area contributed by atoms with Crippen molar-refractivity contribution in [2.45, 2.75) is 47.0 Å². The minimum Gasteiger partial charge on any atom is -0.299 e. The SMILES string of the molecule is CC=CCCCC(=O)C(C)(C)C. The van der Waals surface area contributed by atoms with Crippen LogP contribution in [-0.4, -0.2) is 5.78 Å². The zero-order valence-corrected chi connectivity index (χ0v) is 8.68. The molecule has 0 saturated carbocycles. The Morgan fingerprint density at radius 1 is 1.33 bits per heavy atom. The van der Waals surface area contributed by atoms with Crippen molar-refractivity contribution in [3.8, 4) is 0 Å². The van der Waals surface area contributed by atoms with Crippen LogP contribution in [0.25, 0.3) is 0 Å². The lowest BCUT2D eigenvalue weighted by Crippen LogP contribution is -2.19.